The minimum absolute atomic E-state index is 0.338. The summed E-state index contributed by atoms with van der Waals surface area (Å²) < 4.78 is 7.93. The fourth-order valence-electron chi connectivity index (χ4n) is 2.44. The standard InChI is InChI=1S/C17H25N3O/c1-4-16(18-5-2)15-9-7-8-10-17(15)21-13-14-11-19-20(6-3)12-14/h7-12,16,18H,4-6,13H2,1-3H3. The molecule has 21 heavy (non-hydrogen) atoms. The van der Waals surface area contributed by atoms with Gasteiger partial charge in [-0.1, -0.05) is 32.0 Å². The summed E-state index contributed by atoms with van der Waals surface area (Å²) in [4.78, 5) is 0. The van der Waals surface area contributed by atoms with Crippen molar-refractivity contribution in [3.63, 3.8) is 0 Å². The maximum absolute atomic E-state index is 6.02. The zero-order valence-corrected chi connectivity index (χ0v) is 13.2. The molecule has 4 nitrogen and oxygen atoms in total. The molecule has 2 rings (SSSR count). The van der Waals surface area contributed by atoms with E-state index in [4.69, 9.17) is 4.74 Å². The van der Waals surface area contributed by atoms with E-state index in [9.17, 15) is 0 Å². The Labute approximate surface area is 127 Å². The molecule has 1 heterocycles. The number of nitrogens with zero attached hydrogens (tertiary/aromatic N) is 2. The van der Waals surface area contributed by atoms with Crippen LogP contribution in [0.2, 0.25) is 0 Å². The topological polar surface area (TPSA) is 39.1 Å². The fraction of sp³-hybridized carbons (Fsp3) is 0.471. The fourth-order valence-corrected chi connectivity index (χ4v) is 2.44. The molecule has 1 aromatic carbocycles. The maximum atomic E-state index is 6.02. The van der Waals surface area contributed by atoms with E-state index in [1.54, 1.807) is 0 Å². The van der Waals surface area contributed by atoms with Gasteiger partial charge >= 0.3 is 0 Å². The van der Waals surface area contributed by atoms with Crippen LogP contribution in [0, 0.1) is 0 Å². The van der Waals surface area contributed by atoms with Gasteiger partial charge in [0.25, 0.3) is 0 Å². The Morgan fingerprint density at radius 1 is 1.24 bits per heavy atom. The van der Waals surface area contributed by atoms with Crippen LogP contribution < -0.4 is 10.1 Å². The second-order valence-corrected chi connectivity index (χ2v) is 5.05. The molecule has 1 atom stereocenters. The molecule has 1 aromatic heterocycles. The molecule has 0 fully saturated rings. The van der Waals surface area contributed by atoms with E-state index in [0.29, 0.717) is 12.6 Å². The molecule has 1 unspecified atom stereocenters. The van der Waals surface area contributed by atoms with Crippen LogP contribution in [0.3, 0.4) is 0 Å². The van der Waals surface area contributed by atoms with Gasteiger partial charge in [-0.2, -0.15) is 5.10 Å². The van der Waals surface area contributed by atoms with Crippen LogP contribution >= 0.6 is 0 Å². The molecule has 0 saturated carbocycles. The first-order chi connectivity index (χ1) is 10.3. The van der Waals surface area contributed by atoms with Gasteiger partial charge in [0.05, 0.1) is 6.20 Å². The molecule has 0 bridgehead atoms. The minimum Gasteiger partial charge on any atom is -0.488 e. The van der Waals surface area contributed by atoms with Crippen molar-refractivity contribution in [2.45, 2.75) is 46.4 Å². The molecule has 2 aromatic rings. The van der Waals surface area contributed by atoms with Gasteiger partial charge in [-0.3, -0.25) is 4.68 Å². The highest BCUT2D eigenvalue weighted by Gasteiger charge is 2.13. The van der Waals surface area contributed by atoms with E-state index < -0.39 is 0 Å². The maximum Gasteiger partial charge on any atom is 0.124 e. The van der Waals surface area contributed by atoms with Crippen LogP contribution in [0.1, 0.15) is 44.4 Å². The van der Waals surface area contributed by atoms with Crippen molar-refractivity contribution in [3.8, 4) is 5.75 Å². The molecule has 0 saturated heterocycles. The lowest BCUT2D eigenvalue weighted by molar-refractivity contribution is 0.298. The van der Waals surface area contributed by atoms with Gasteiger partial charge in [-0.05, 0) is 26.0 Å². The Hall–Kier alpha value is -1.81. The largest absolute Gasteiger partial charge is 0.488 e. The molecule has 0 spiro atoms. The lowest BCUT2D eigenvalue weighted by Gasteiger charge is -2.19. The monoisotopic (exact) mass is 287 g/mol. The van der Waals surface area contributed by atoms with Gasteiger partial charge in [-0.25, -0.2) is 0 Å². The van der Waals surface area contributed by atoms with Gasteiger partial charge in [0, 0.05) is 29.9 Å². The number of rotatable bonds is 8. The van der Waals surface area contributed by atoms with Crippen molar-refractivity contribution < 1.29 is 4.74 Å². The van der Waals surface area contributed by atoms with Gasteiger partial charge in [0.2, 0.25) is 0 Å². The molecular weight excluding hydrogens is 262 g/mol. The Kier molecular flexibility index (Phi) is 5.81. The molecule has 0 aliphatic heterocycles. The normalized spacial score (nSPS) is 12.3. The molecule has 0 amide bonds. The van der Waals surface area contributed by atoms with Crippen molar-refractivity contribution in [1.29, 1.82) is 0 Å². The molecule has 0 aliphatic carbocycles. The predicted octanol–water partition coefficient (Wildman–Crippen LogP) is 3.54. The molecule has 1 N–H and O–H groups in total. The quantitative estimate of drug-likeness (QED) is 0.807. The van der Waals surface area contributed by atoms with Crippen molar-refractivity contribution in [2.75, 3.05) is 6.54 Å². The number of ether oxygens (including phenoxy) is 1. The van der Waals surface area contributed by atoms with E-state index in [-0.39, 0.29) is 0 Å². The van der Waals surface area contributed by atoms with Crippen LogP contribution in [-0.4, -0.2) is 16.3 Å². The van der Waals surface area contributed by atoms with Gasteiger partial charge in [-0.15, -0.1) is 0 Å². The van der Waals surface area contributed by atoms with Crippen LogP contribution in [0.15, 0.2) is 36.7 Å². The number of aromatic nitrogens is 2. The van der Waals surface area contributed by atoms with E-state index >= 15 is 0 Å². The molecule has 4 heteroatoms. The van der Waals surface area contributed by atoms with Crippen molar-refractivity contribution >= 4 is 0 Å². The smallest absolute Gasteiger partial charge is 0.124 e. The van der Waals surface area contributed by atoms with Gasteiger partial charge < -0.3 is 10.1 Å². The summed E-state index contributed by atoms with van der Waals surface area (Å²) in [7, 11) is 0. The Morgan fingerprint density at radius 3 is 2.71 bits per heavy atom. The average Bonchev–Trinajstić information content (AvgIpc) is 2.99. The lowest BCUT2D eigenvalue weighted by atomic mass is 10.0. The van der Waals surface area contributed by atoms with Crippen LogP contribution in [0.25, 0.3) is 0 Å². The van der Waals surface area contributed by atoms with Crippen LogP contribution in [-0.2, 0) is 13.2 Å². The van der Waals surface area contributed by atoms with Crippen LogP contribution in [0.4, 0.5) is 0 Å². The molecule has 114 valence electrons. The third kappa shape index (κ3) is 4.08. The number of hydrogen-bond donors (Lipinski definition) is 1. The Balaban J connectivity index is 2.08. The summed E-state index contributed by atoms with van der Waals surface area (Å²) in [6.07, 6.45) is 4.94. The number of aryl methyl sites for hydroxylation is 1. The van der Waals surface area contributed by atoms with E-state index in [0.717, 1.165) is 30.8 Å². The van der Waals surface area contributed by atoms with E-state index in [1.165, 1.54) is 5.56 Å². The number of hydrogen-bond acceptors (Lipinski definition) is 3. The summed E-state index contributed by atoms with van der Waals surface area (Å²) in [5.41, 5.74) is 2.33. The highest BCUT2D eigenvalue weighted by atomic mass is 16.5. The number of para-hydroxylation sites is 1. The molecule has 0 radical (unpaired) electrons. The lowest BCUT2D eigenvalue weighted by Crippen LogP contribution is -2.20. The van der Waals surface area contributed by atoms with Gasteiger partial charge in [0.15, 0.2) is 0 Å². The summed E-state index contributed by atoms with van der Waals surface area (Å²) in [5.74, 6) is 0.953. The van der Waals surface area contributed by atoms with E-state index in [1.807, 2.05) is 29.2 Å². The summed E-state index contributed by atoms with van der Waals surface area (Å²) in [6, 6.07) is 8.61. The zero-order chi connectivity index (χ0) is 15.1. The van der Waals surface area contributed by atoms with Crippen LogP contribution in [0.5, 0.6) is 5.75 Å². The second kappa shape index (κ2) is 7.84. The van der Waals surface area contributed by atoms with Crippen molar-refractivity contribution in [3.05, 3.63) is 47.8 Å². The third-order valence-corrected chi connectivity index (χ3v) is 3.56. The zero-order valence-electron chi connectivity index (χ0n) is 13.2. The average molecular weight is 287 g/mol. The van der Waals surface area contributed by atoms with Gasteiger partial charge in [0.1, 0.15) is 12.4 Å². The SMILES string of the molecule is CCNC(CC)c1ccccc1OCc1cnn(CC)c1. The van der Waals surface area contributed by atoms with Crippen molar-refractivity contribution in [2.24, 2.45) is 0 Å². The first-order valence-electron chi connectivity index (χ1n) is 7.74. The summed E-state index contributed by atoms with van der Waals surface area (Å²) in [6.45, 7) is 8.79. The summed E-state index contributed by atoms with van der Waals surface area (Å²) in [5, 5.41) is 7.78. The molecular formula is C17H25N3O. The highest BCUT2D eigenvalue weighted by molar-refractivity contribution is 5.36. The Morgan fingerprint density at radius 2 is 2.05 bits per heavy atom. The third-order valence-electron chi connectivity index (χ3n) is 3.56. The predicted molar refractivity (Wildman–Crippen MR) is 85.4 cm³/mol. The van der Waals surface area contributed by atoms with Crippen molar-refractivity contribution in [1.82, 2.24) is 15.1 Å². The number of nitrogens with one attached hydrogen (secondary N) is 1. The second-order valence-electron chi connectivity index (χ2n) is 5.05. The molecule has 0 aliphatic rings. The summed E-state index contributed by atoms with van der Waals surface area (Å²) >= 11 is 0. The van der Waals surface area contributed by atoms with E-state index in [2.05, 4.69) is 43.3 Å². The highest BCUT2D eigenvalue weighted by Crippen LogP contribution is 2.27. The Bertz CT molecular complexity index is 550. The first kappa shape index (κ1) is 15.6. The number of benzene rings is 1. The minimum atomic E-state index is 0.338. The first-order valence-corrected chi connectivity index (χ1v) is 7.74.